The Morgan fingerprint density at radius 1 is 1.22 bits per heavy atom. The largest absolute Gasteiger partial charge is 0.477 e. The molecule has 18 heavy (non-hydrogen) atoms. The van der Waals surface area contributed by atoms with Crippen molar-refractivity contribution in [2.24, 2.45) is 11.7 Å². The van der Waals surface area contributed by atoms with Crippen molar-refractivity contribution in [3.8, 4) is 5.88 Å². The van der Waals surface area contributed by atoms with E-state index in [4.69, 9.17) is 10.5 Å². The summed E-state index contributed by atoms with van der Waals surface area (Å²) in [6, 6.07) is 3.97. The van der Waals surface area contributed by atoms with Gasteiger partial charge in [-0.1, -0.05) is 25.7 Å². The van der Waals surface area contributed by atoms with Gasteiger partial charge < -0.3 is 10.5 Å². The van der Waals surface area contributed by atoms with Crippen molar-refractivity contribution in [2.45, 2.75) is 52.0 Å². The summed E-state index contributed by atoms with van der Waals surface area (Å²) in [5.74, 6) is 1.44. The minimum absolute atomic E-state index is 0.545. The minimum Gasteiger partial charge on any atom is -0.477 e. The zero-order valence-electron chi connectivity index (χ0n) is 11.3. The molecule has 1 saturated carbocycles. The number of nitrogens with zero attached hydrogens (tertiary/aromatic N) is 1. The summed E-state index contributed by atoms with van der Waals surface area (Å²) < 4.78 is 5.86. The second-order valence-electron chi connectivity index (χ2n) is 5.33. The lowest BCUT2D eigenvalue weighted by atomic mass is 10.0. The van der Waals surface area contributed by atoms with E-state index in [0.717, 1.165) is 23.7 Å². The Hall–Kier alpha value is -1.09. The van der Waals surface area contributed by atoms with Crippen LogP contribution in [-0.4, -0.2) is 11.6 Å². The molecule has 1 aromatic heterocycles. The molecule has 3 nitrogen and oxygen atoms in total. The standard InChI is InChI=1S/C15H24N2O/c1-12-8-14(10-16)9-15(17-12)18-11-13-6-4-2-3-5-7-13/h8-9,13H,2-7,10-11,16H2,1H3. The number of aromatic nitrogens is 1. The van der Waals surface area contributed by atoms with Gasteiger partial charge in [-0.2, -0.15) is 0 Å². The fourth-order valence-electron chi connectivity index (χ4n) is 2.63. The van der Waals surface area contributed by atoms with Crippen LogP contribution in [0.25, 0.3) is 0 Å². The fourth-order valence-corrected chi connectivity index (χ4v) is 2.63. The monoisotopic (exact) mass is 248 g/mol. The molecule has 1 fully saturated rings. The third-order valence-corrected chi connectivity index (χ3v) is 3.67. The highest BCUT2D eigenvalue weighted by Crippen LogP contribution is 2.23. The first-order valence-corrected chi connectivity index (χ1v) is 7.08. The first-order chi connectivity index (χ1) is 8.78. The molecule has 1 aromatic rings. The van der Waals surface area contributed by atoms with Gasteiger partial charge in [-0.05, 0) is 37.3 Å². The number of nitrogens with two attached hydrogens (primary N) is 1. The summed E-state index contributed by atoms with van der Waals surface area (Å²) in [6.07, 6.45) is 8.07. The Morgan fingerprint density at radius 2 is 1.94 bits per heavy atom. The summed E-state index contributed by atoms with van der Waals surface area (Å²) in [5.41, 5.74) is 7.74. The molecule has 0 bridgehead atoms. The molecule has 0 unspecified atom stereocenters. The molecular weight excluding hydrogens is 224 g/mol. The van der Waals surface area contributed by atoms with E-state index >= 15 is 0 Å². The highest BCUT2D eigenvalue weighted by atomic mass is 16.5. The van der Waals surface area contributed by atoms with Crippen molar-refractivity contribution in [1.29, 1.82) is 0 Å². The third-order valence-electron chi connectivity index (χ3n) is 3.67. The van der Waals surface area contributed by atoms with Crippen molar-refractivity contribution in [2.75, 3.05) is 6.61 Å². The Labute approximate surface area is 110 Å². The topological polar surface area (TPSA) is 48.1 Å². The third kappa shape index (κ3) is 3.98. The molecule has 0 aliphatic heterocycles. The maximum atomic E-state index is 5.86. The van der Waals surface area contributed by atoms with Crippen LogP contribution in [0.3, 0.4) is 0 Å². The van der Waals surface area contributed by atoms with E-state index in [-0.39, 0.29) is 0 Å². The number of rotatable bonds is 4. The number of aryl methyl sites for hydroxylation is 1. The highest BCUT2D eigenvalue weighted by Gasteiger charge is 2.13. The summed E-state index contributed by atoms with van der Waals surface area (Å²) in [5, 5.41) is 0. The fraction of sp³-hybridized carbons (Fsp3) is 0.667. The molecule has 100 valence electrons. The van der Waals surface area contributed by atoms with Crippen molar-refractivity contribution < 1.29 is 4.74 Å². The van der Waals surface area contributed by atoms with E-state index < -0.39 is 0 Å². The average molecular weight is 248 g/mol. The average Bonchev–Trinajstić information content (AvgIpc) is 2.64. The Kier molecular flexibility index (Phi) is 5.00. The zero-order valence-corrected chi connectivity index (χ0v) is 11.3. The van der Waals surface area contributed by atoms with Gasteiger partial charge in [0.1, 0.15) is 0 Å². The van der Waals surface area contributed by atoms with E-state index in [0.29, 0.717) is 12.5 Å². The number of hydrogen-bond acceptors (Lipinski definition) is 3. The summed E-state index contributed by atoms with van der Waals surface area (Å²) >= 11 is 0. The first-order valence-electron chi connectivity index (χ1n) is 7.08. The van der Waals surface area contributed by atoms with E-state index in [1.54, 1.807) is 0 Å². The molecule has 0 spiro atoms. The molecule has 1 aliphatic rings. The molecule has 2 N–H and O–H groups in total. The quantitative estimate of drug-likeness (QED) is 0.832. The van der Waals surface area contributed by atoms with Gasteiger partial charge in [-0.3, -0.25) is 0 Å². The zero-order chi connectivity index (χ0) is 12.8. The summed E-state index contributed by atoms with van der Waals surface area (Å²) in [6.45, 7) is 3.33. The number of hydrogen-bond donors (Lipinski definition) is 1. The molecule has 0 radical (unpaired) electrons. The number of ether oxygens (including phenoxy) is 1. The molecule has 0 aromatic carbocycles. The van der Waals surface area contributed by atoms with Gasteiger partial charge in [0.05, 0.1) is 6.61 Å². The highest BCUT2D eigenvalue weighted by molar-refractivity contribution is 5.24. The van der Waals surface area contributed by atoms with Crippen molar-refractivity contribution in [3.63, 3.8) is 0 Å². The van der Waals surface area contributed by atoms with Gasteiger partial charge in [-0.15, -0.1) is 0 Å². The van der Waals surface area contributed by atoms with Crippen molar-refractivity contribution in [1.82, 2.24) is 4.98 Å². The molecule has 0 saturated heterocycles. The van der Waals surface area contributed by atoms with E-state index in [2.05, 4.69) is 4.98 Å². The Bertz CT molecular complexity index is 371. The maximum absolute atomic E-state index is 5.86. The normalized spacial score (nSPS) is 17.4. The Balaban J connectivity index is 1.90. The van der Waals surface area contributed by atoms with E-state index in [9.17, 15) is 0 Å². The van der Waals surface area contributed by atoms with Crippen LogP contribution in [0.15, 0.2) is 12.1 Å². The van der Waals surface area contributed by atoms with Gasteiger partial charge in [0.2, 0.25) is 5.88 Å². The predicted molar refractivity (Wildman–Crippen MR) is 73.6 cm³/mol. The molecule has 1 aliphatic carbocycles. The van der Waals surface area contributed by atoms with Crippen molar-refractivity contribution in [3.05, 3.63) is 23.4 Å². The van der Waals surface area contributed by atoms with Crippen LogP contribution in [0.5, 0.6) is 5.88 Å². The van der Waals surface area contributed by atoms with Gasteiger partial charge in [0.25, 0.3) is 0 Å². The lowest BCUT2D eigenvalue weighted by Crippen LogP contribution is -2.12. The lowest BCUT2D eigenvalue weighted by Gasteiger charge is -2.15. The summed E-state index contributed by atoms with van der Waals surface area (Å²) in [7, 11) is 0. The van der Waals surface area contributed by atoms with Crippen LogP contribution in [0, 0.1) is 12.8 Å². The molecule has 2 rings (SSSR count). The SMILES string of the molecule is Cc1cc(CN)cc(OCC2CCCCCC2)n1. The smallest absolute Gasteiger partial charge is 0.213 e. The van der Waals surface area contributed by atoms with Crippen LogP contribution in [-0.2, 0) is 6.54 Å². The van der Waals surface area contributed by atoms with Crippen LogP contribution >= 0.6 is 0 Å². The Morgan fingerprint density at radius 3 is 2.61 bits per heavy atom. The van der Waals surface area contributed by atoms with Crippen LogP contribution < -0.4 is 10.5 Å². The maximum Gasteiger partial charge on any atom is 0.213 e. The lowest BCUT2D eigenvalue weighted by molar-refractivity contribution is 0.226. The minimum atomic E-state index is 0.545. The van der Waals surface area contributed by atoms with Gasteiger partial charge in [0, 0.05) is 18.3 Å². The van der Waals surface area contributed by atoms with Crippen LogP contribution in [0.1, 0.15) is 49.8 Å². The van der Waals surface area contributed by atoms with E-state index in [1.807, 2.05) is 19.1 Å². The van der Waals surface area contributed by atoms with Gasteiger partial charge >= 0.3 is 0 Å². The van der Waals surface area contributed by atoms with Crippen LogP contribution in [0.4, 0.5) is 0 Å². The molecular formula is C15H24N2O. The molecule has 0 atom stereocenters. The van der Waals surface area contributed by atoms with E-state index in [1.165, 1.54) is 38.5 Å². The predicted octanol–water partition coefficient (Wildman–Crippen LogP) is 3.20. The molecule has 0 amide bonds. The second kappa shape index (κ2) is 6.74. The first kappa shape index (κ1) is 13.3. The second-order valence-corrected chi connectivity index (χ2v) is 5.33. The number of pyridine rings is 1. The molecule has 1 heterocycles. The molecule has 3 heteroatoms. The van der Waals surface area contributed by atoms with Gasteiger partial charge in [0.15, 0.2) is 0 Å². The van der Waals surface area contributed by atoms with Crippen molar-refractivity contribution >= 4 is 0 Å². The van der Waals surface area contributed by atoms with Crippen LogP contribution in [0.2, 0.25) is 0 Å². The summed E-state index contributed by atoms with van der Waals surface area (Å²) in [4.78, 5) is 4.41. The van der Waals surface area contributed by atoms with Gasteiger partial charge in [-0.25, -0.2) is 4.98 Å².